The summed E-state index contributed by atoms with van der Waals surface area (Å²) in [5, 5.41) is 23.6. The normalized spacial score (nSPS) is 9.65. The Balaban J connectivity index is -0.000000339. The van der Waals surface area contributed by atoms with Gasteiger partial charge in [-0.15, -0.1) is 0 Å². The molecule has 0 saturated heterocycles. The van der Waals surface area contributed by atoms with Crippen LogP contribution in [-0.2, 0) is 52.5 Å². The highest BCUT2D eigenvalue weighted by atomic mass is 32.1. The van der Waals surface area contributed by atoms with Crippen molar-refractivity contribution >= 4 is 130 Å². The molecular formula is C22H38O14S7. The summed E-state index contributed by atoms with van der Waals surface area (Å²) in [7, 11) is 0. The number of aliphatic carboxylic acids is 3. The lowest BCUT2D eigenvalue weighted by atomic mass is 9.92. The minimum absolute atomic E-state index is 0.156. The first-order valence-electron chi connectivity index (χ1n) is 11.7. The topological polar surface area (TPSA) is 217 Å². The van der Waals surface area contributed by atoms with Crippen molar-refractivity contribution in [2.45, 2.75) is 19.3 Å². The van der Waals surface area contributed by atoms with Crippen LogP contribution in [0, 0.1) is 5.41 Å². The van der Waals surface area contributed by atoms with E-state index in [1.807, 2.05) is 0 Å². The lowest BCUT2D eigenvalue weighted by Crippen LogP contribution is -2.44. The molecule has 0 radical (unpaired) electrons. The molecule has 0 amide bonds. The van der Waals surface area contributed by atoms with Gasteiger partial charge in [-0.3, -0.25) is 33.6 Å². The summed E-state index contributed by atoms with van der Waals surface area (Å²) in [4.78, 5) is 74.2. The molecule has 252 valence electrons. The van der Waals surface area contributed by atoms with Gasteiger partial charge in [-0.1, -0.05) is 0 Å². The SMILES string of the molecule is O=C(CS)OCC(COC(=O)CS)(COC(=O)CS)COC(=O)CS.O=C(O)CCS.O=C(O)CCS.O=C(O)CCS. The molecule has 0 atom stereocenters. The van der Waals surface area contributed by atoms with E-state index in [-0.39, 0.29) is 68.7 Å². The van der Waals surface area contributed by atoms with Gasteiger partial charge in [0.1, 0.15) is 31.8 Å². The van der Waals surface area contributed by atoms with E-state index in [9.17, 15) is 33.6 Å². The van der Waals surface area contributed by atoms with Gasteiger partial charge in [0.25, 0.3) is 0 Å². The molecule has 43 heavy (non-hydrogen) atoms. The molecule has 0 rings (SSSR count). The highest BCUT2D eigenvalue weighted by molar-refractivity contribution is 7.81. The number of carbonyl (C=O) groups is 7. The van der Waals surface area contributed by atoms with E-state index < -0.39 is 47.2 Å². The second kappa shape index (κ2) is 33.6. The molecule has 0 fully saturated rings. The Morgan fingerprint density at radius 1 is 0.419 bits per heavy atom. The summed E-state index contributed by atoms with van der Waals surface area (Å²) in [5.41, 5.74) is -1.28. The quantitative estimate of drug-likeness (QED) is 0.0539. The fraction of sp³-hybridized carbons (Fsp3) is 0.682. The third kappa shape index (κ3) is 38.7. The van der Waals surface area contributed by atoms with E-state index in [1.165, 1.54) is 0 Å². The summed E-state index contributed by atoms with van der Waals surface area (Å²) >= 11 is 26.2. The summed E-state index contributed by atoms with van der Waals surface area (Å²) < 4.78 is 20.0. The van der Waals surface area contributed by atoms with Crippen LogP contribution in [0.3, 0.4) is 0 Å². The van der Waals surface area contributed by atoms with Gasteiger partial charge >= 0.3 is 41.8 Å². The zero-order valence-corrected chi connectivity index (χ0v) is 29.1. The minimum atomic E-state index is -1.28. The van der Waals surface area contributed by atoms with Gasteiger partial charge in [0.2, 0.25) is 0 Å². The number of thiol groups is 7. The Kier molecular flexibility index (Phi) is 38.0. The molecule has 0 aromatic carbocycles. The van der Waals surface area contributed by atoms with Crippen LogP contribution in [0.5, 0.6) is 0 Å². The zero-order chi connectivity index (χ0) is 34.3. The summed E-state index contributed by atoms with van der Waals surface area (Å²) in [6.07, 6.45) is 0.468. The zero-order valence-electron chi connectivity index (χ0n) is 22.9. The average molecular weight is 751 g/mol. The monoisotopic (exact) mass is 750 g/mol. The highest BCUT2D eigenvalue weighted by Crippen LogP contribution is 2.22. The lowest BCUT2D eigenvalue weighted by Gasteiger charge is -2.31. The Morgan fingerprint density at radius 2 is 0.605 bits per heavy atom. The van der Waals surface area contributed by atoms with Crippen LogP contribution in [0.4, 0.5) is 0 Å². The third-order valence-corrected chi connectivity index (χ3v) is 5.35. The first-order chi connectivity index (χ1) is 20.1. The summed E-state index contributed by atoms with van der Waals surface area (Å²) in [6, 6.07) is 0. The number of hydrogen-bond donors (Lipinski definition) is 10. The van der Waals surface area contributed by atoms with E-state index in [0.29, 0.717) is 17.3 Å². The van der Waals surface area contributed by atoms with Gasteiger partial charge in [0, 0.05) is 17.3 Å². The smallest absolute Gasteiger partial charge is 0.315 e. The number of carboxylic acids is 3. The predicted octanol–water partition coefficient (Wildman–Crippen LogP) is 1.04. The molecule has 0 aliphatic carbocycles. The molecule has 21 heteroatoms. The minimum Gasteiger partial charge on any atom is -0.481 e. The second-order valence-corrected chi connectivity index (χ2v) is 9.98. The number of rotatable bonds is 18. The van der Waals surface area contributed by atoms with E-state index in [0.717, 1.165) is 0 Å². The number of carbonyl (C=O) groups excluding carboxylic acids is 4. The first-order valence-corrected chi connectivity index (χ1v) is 16.1. The summed E-state index contributed by atoms with van der Waals surface area (Å²) in [5.74, 6) is -4.38. The van der Waals surface area contributed by atoms with Crippen molar-refractivity contribution in [1.82, 2.24) is 0 Å². The molecule has 14 nitrogen and oxygen atoms in total. The number of hydrogen-bond acceptors (Lipinski definition) is 18. The molecule has 0 unspecified atom stereocenters. The molecule has 0 aromatic heterocycles. The Bertz CT molecular complexity index is 707. The maximum Gasteiger partial charge on any atom is 0.315 e. The molecule has 0 aliphatic heterocycles. The predicted molar refractivity (Wildman–Crippen MR) is 180 cm³/mol. The van der Waals surface area contributed by atoms with Crippen LogP contribution in [0.15, 0.2) is 0 Å². The molecule has 0 spiro atoms. The van der Waals surface area contributed by atoms with E-state index in [4.69, 9.17) is 34.3 Å². The van der Waals surface area contributed by atoms with Gasteiger partial charge < -0.3 is 34.3 Å². The van der Waals surface area contributed by atoms with Crippen molar-refractivity contribution in [3.63, 3.8) is 0 Å². The standard InChI is InChI=1S/C13H20O8S4.3C3H6O2S/c14-9(1-22)18-5-13(6-19-10(15)2-23,7-20-11(16)3-24)8-21-12(17)4-25;3*4-3(5)1-2-6/h22-25H,1-8H2;3*6H,1-2H2,(H,4,5). The Hall–Kier alpha value is -1.26. The maximum atomic E-state index is 11.4. The lowest BCUT2D eigenvalue weighted by molar-refractivity contribution is -0.167. The highest BCUT2D eigenvalue weighted by Gasteiger charge is 2.37. The number of esters is 4. The molecule has 0 aliphatic rings. The molecule has 0 aromatic rings. The third-order valence-electron chi connectivity index (χ3n) is 3.65. The van der Waals surface area contributed by atoms with Crippen LogP contribution in [0.2, 0.25) is 0 Å². The van der Waals surface area contributed by atoms with Crippen LogP contribution >= 0.6 is 88.4 Å². The van der Waals surface area contributed by atoms with Crippen molar-refractivity contribution < 1.29 is 67.8 Å². The first kappa shape index (κ1) is 48.6. The van der Waals surface area contributed by atoms with Crippen LogP contribution in [-0.4, -0.2) is 124 Å². The molecule has 3 N–H and O–H groups in total. The average Bonchev–Trinajstić information content (AvgIpc) is 2.96. The van der Waals surface area contributed by atoms with Crippen molar-refractivity contribution in [2.24, 2.45) is 5.41 Å². The van der Waals surface area contributed by atoms with E-state index in [2.05, 4.69) is 88.4 Å². The molecule has 0 saturated carbocycles. The van der Waals surface area contributed by atoms with Crippen LogP contribution < -0.4 is 0 Å². The Labute approximate surface area is 287 Å². The van der Waals surface area contributed by atoms with Gasteiger partial charge in [0.15, 0.2) is 0 Å². The van der Waals surface area contributed by atoms with Crippen molar-refractivity contribution in [3.05, 3.63) is 0 Å². The van der Waals surface area contributed by atoms with E-state index >= 15 is 0 Å². The van der Waals surface area contributed by atoms with Crippen LogP contribution in [0.1, 0.15) is 19.3 Å². The number of carboxylic acid groups (broad SMARTS) is 3. The summed E-state index contributed by atoms with van der Waals surface area (Å²) in [6.45, 7) is -1.31. The van der Waals surface area contributed by atoms with E-state index in [1.54, 1.807) is 0 Å². The maximum absolute atomic E-state index is 11.4. The van der Waals surface area contributed by atoms with Crippen molar-refractivity contribution in [3.8, 4) is 0 Å². The second-order valence-electron chi connectivity index (χ2n) is 7.38. The van der Waals surface area contributed by atoms with Gasteiger partial charge in [-0.2, -0.15) is 88.4 Å². The van der Waals surface area contributed by atoms with Crippen molar-refractivity contribution in [2.75, 3.05) is 66.7 Å². The molecule has 0 bridgehead atoms. The van der Waals surface area contributed by atoms with Gasteiger partial charge in [-0.05, 0) is 0 Å². The number of ether oxygens (including phenoxy) is 4. The van der Waals surface area contributed by atoms with Crippen molar-refractivity contribution in [1.29, 1.82) is 0 Å². The van der Waals surface area contributed by atoms with Gasteiger partial charge in [0.05, 0.1) is 42.3 Å². The largest absolute Gasteiger partial charge is 0.481 e. The fourth-order valence-corrected chi connectivity index (χ4v) is 2.59. The van der Waals surface area contributed by atoms with Crippen LogP contribution in [0.25, 0.3) is 0 Å². The Morgan fingerprint density at radius 3 is 0.698 bits per heavy atom. The van der Waals surface area contributed by atoms with Gasteiger partial charge in [-0.25, -0.2) is 0 Å². The molecular weight excluding hydrogens is 713 g/mol. The fourth-order valence-electron chi connectivity index (χ4n) is 1.65. The molecule has 0 heterocycles.